The molecule has 2 heterocycles. The average Bonchev–Trinajstić information content (AvgIpc) is 3.29. The maximum Gasteiger partial charge on any atom is 0.244 e. The summed E-state index contributed by atoms with van der Waals surface area (Å²) in [7, 11) is -7.73. The third-order valence-corrected chi connectivity index (χ3v) is 10.2. The Balaban J connectivity index is 1.32. The number of hydrogen-bond acceptors (Lipinski definition) is 7. The van der Waals surface area contributed by atoms with Gasteiger partial charge in [0.2, 0.25) is 26.0 Å². The number of fused-ring (bicyclic) bond motifs is 2. The summed E-state index contributed by atoms with van der Waals surface area (Å²) in [5.74, 6) is 0.716. The van der Waals surface area contributed by atoms with Crippen molar-refractivity contribution in [3.05, 3.63) is 48.0 Å². The summed E-state index contributed by atoms with van der Waals surface area (Å²) in [6.45, 7) is 1.05. The number of ether oxygens (including phenoxy) is 2. The van der Waals surface area contributed by atoms with Crippen LogP contribution in [0.2, 0.25) is 0 Å². The van der Waals surface area contributed by atoms with Crippen LogP contribution in [0.3, 0.4) is 0 Å². The lowest BCUT2D eigenvalue weighted by atomic mass is 9.85. The maximum atomic E-state index is 13.9. The van der Waals surface area contributed by atoms with Gasteiger partial charge in [-0.3, -0.25) is 4.79 Å². The van der Waals surface area contributed by atoms with Gasteiger partial charge in [0.1, 0.15) is 19.3 Å². The molecule has 3 aliphatic rings. The van der Waals surface area contributed by atoms with Gasteiger partial charge >= 0.3 is 0 Å². The van der Waals surface area contributed by atoms with E-state index in [1.807, 2.05) is 0 Å². The van der Waals surface area contributed by atoms with E-state index >= 15 is 0 Å². The second kappa shape index (κ2) is 10.2. The van der Waals surface area contributed by atoms with Crippen molar-refractivity contribution in [1.82, 2.24) is 9.62 Å². The summed E-state index contributed by atoms with van der Waals surface area (Å²) in [4.78, 5) is 13.4. The van der Waals surface area contributed by atoms with Crippen LogP contribution in [-0.4, -0.2) is 58.9 Å². The Hall–Kier alpha value is -2.67. The number of sulfonamides is 2. The molecule has 1 amide bonds. The van der Waals surface area contributed by atoms with Crippen LogP contribution in [0.5, 0.6) is 11.5 Å². The molecule has 1 saturated carbocycles. The number of rotatable bonds is 7. The maximum absolute atomic E-state index is 13.9. The van der Waals surface area contributed by atoms with Crippen LogP contribution in [0.25, 0.3) is 0 Å². The number of amides is 1. The van der Waals surface area contributed by atoms with Gasteiger partial charge in [-0.25, -0.2) is 22.0 Å². The topological polar surface area (TPSA) is 145 Å². The minimum Gasteiger partial charge on any atom is -0.486 e. The van der Waals surface area contributed by atoms with Crippen molar-refractivity contribution in [2.45, 2.75) is 60.4 Å². The van der Waals surface area contributed by atoms with Crippen molar-refractivity contribution in [2.75, 3.05) is 19.8 Å². The van der Waals surface area contributed by atoms with E-state index in [-0.39, 0.29) is 34.2 Å². The second-order valence-electron chi connectivity index (χ2n) is 9.73. The second-order valence-corrected chi connectivity index (χ2v) is 13.1. The Kier molecular flexibility index (Phi) is 7.18. The monoisotopic (exact) mass is 549 g/mol. The van der Waals surface area contributed by atoms with Gasteiger partial charge in [-0.1, -0.05) is 25.0 Å². The van der Waals surface area contributed by atoms with Gasteiger partial charge in [0, 0.05) is 18.7 Å². The number of nitrogens with zero attached hydrogens (tertiary/aromatic N) is 1. The largest absolute Gasteiger partial charge is 0.486 e. The van der Waals surface area contributed by atoms with Crippen LogP contribution < -0.4 is 19.9 Å². The highest BCUT2D eigenvalue weighted by atomic mass is 32.2. The smallest absolute Gasteiger partial charge is 0.244 e. The fraction of sp³-hybridized carbons (Fsp3) is 0.480. The Morgan fingerprint density at radius 3 is 2.35 bits per heavy atom. The molecule has 3 N–H and O–H groups in total. The summed E-state index contributed by atoms with van der Waals surface area (Å²) in [5.41, 5.74) is 0.827. The number of benzene rings is 2. The minimum absolute atomic E-state index is 0.0221. The van der Waals surface area contributed by atoms with E-state index < -0.39 is 26.1 Å². The average molecular weight is 550 g/mol. The molecule has 0 spiro atoms. The highest BCUT2D eigenvalue weighted by Gasteiger charge is 2.51. The van der Waals surface area contributed by atoms with Crippen LogP contribution in [0.1, 0.15) is 37.7 Å². The summed E-state index contributed by atoms with van der Waals surface area (Å²) in [6.07, 6.45) is 4.54. The number of hydrogen-bond donors (Lipinski definition) is 2. The lowest BCUT2D eigenvalue weighted by Crippen LogP contribution is -2.49. The van der Waals surface area contributed by atoms with Crippen LogP contribution in [0, 0.1) is 5.92 Å². The highest BCUT2D eigenvalue weighted by molar-refractivity contribution is 7.89. The molecule has 0 aromatic heterocycles. The molecule has 5 rings (SSSR count). The quantitative estimate of drug-likeness (QED) is 0.536. The number of carbonyl (C=O) groups is 1. The summed E-state index contributed by atoms with van der Waals surface area (Å²) >= 11 is 0. The molecular formula is C25H31N3O7S2. The molecule has 0 unspecified atom stereocenters. The van der Waals surface area contributed by atoms with Crippen LogP contribution in [0.4, 0.5) is 0 Å². The van der Waals surface area contributed by atoms with Gasteiger partial charge < -0.3 is 14.8 Å². The van der Waals surface area contributed by atoms with E-state index in [0.717, 1.165) is 31.2 Å². The fourth-order valence-corrected chi connectivity index (χ4v) is 7.99. The first-order chi connectivity index (χ1) is 17.6. The van der Waals surface area contributed by atoms with Gasteiger partial charge in [0.05, 0.1) is 9.79 Å². The van der Waals surface area contributed by atoms with Crippen molar-refractivity contribution in [3.63, 3.8) is 0 Å². The van der Waals surface area contributed by atoms with E-state index in [0.29, 0.717) is 37.6 Å². The first-order valence-corrected chi connectivity index (χ1v) is 15.5. The molecule has 200 valence electrons. The molecule has 2 fully saturated rings. The first kappa shape index (κ1) is 26.0. The molecule has 0 radical (unpaired) electrons. The minimum atomic E-state index is -3.96. The molecule has 0 bridgehead atoms. The molecule has 10 nitrogen and oxygen atoms in total. The van der Waals surface area contributed by atoms with Crippen molar-refractivity contribution < 1.29 is 31.1 Å². The van der Waals surface area contributed by atoms with Gasteiger partial charge in [-0.05, 0) is 61.4 Å². The zero-order valence-electron chi connectivity index (χ0n) is 20.3. The zero-order valence-corrected chi connectivity index (χ0v) is 22.0. The molecule has 12 heteroatoms. The van der Waals surface area contributed by atoms with E-state index in [1.54, 1.807) is 18.2 Å². The highest BCUT2D eigenvalue weighted by Crippen LogP contribution is 2.43. The zero-order chi connectivity index (χ0) is 26.2. The Labute approximate surface area is 217 Å². The van der Waals surface area contributed by atoms with Gasteiger partial charge in [0.15, 0.2) is 11.5 Å². The number of primary sulfonamides is 1. The molecule has 1 aliphatic carbocycles. The Morgan fingerprint density at radius 1 is 0.946 bits per heavy atom. The number of nitrogens with one attached hydrogen (secondary N) is 1. The van der Waals surface area contributed by atoms with Gasteiger partial charge in [-0.15, -0.1) is 0 Å². The fourth-order valence-electron chi connectivity index (χ4n) is 5.59. The predicted molar refractivity (Wildman–Crippen MR) is 135 cm³/mol. The van der Waals surface area contributed by atoms with Gasteiger partial charge in [-0.2, -0.15) is 4.31 Å². The normalized spacial score (nSPS) is 23.9. The van der Waals surface area contributed by atoms with Crippen LogP contribution in [-0.2, 0) is 31.3 Å². The van der Waals surface area contributed by atoms with Crippen molar-refractivity contribution in [1.29, 1.82) is 0 Å². The van der Waals surface area contributed by atoms with E-state index in [4.69, 9.17) is 14.6 Å². The SMILES string of the molecule is NS(=O)(=O)c1ccc(CCNC(=O)[C@@H]2C[C@@H]3CCCC[C@H]3N2S(=O)(=O)c2ccc3c(c2)OCCO3)cc1. The van der Waals surface area contributed by atoms with E-state index in [1.165, 1.54) is 28.6 Å². The molecule has 2 aliphatic heterocycles. The number of carbonyl (C=O) groups excluding carboxylic acids is 1. The number of nitrogens with two attached hydrogens (primary N) is 1. The van der Waals surface area contributed by atoms with E-state index in [2.05, 4.69) is 5.32 Å². The molecule has 1 saturated heterocycles. The molecule has 2 aromatic rings. The lowest BCUT2D eigenvalue weighted by Gasteiger charge is -2.33. The van der Waals surface area contributed by atoms with Crippen molar-refractivity contribution >= 4 is 26.0 Å². The van der Waals surface area contributed by atoms with Crippen LogP contribution in [0.15, 0.2) is 52.3 Å². The van der Waals surface area contributed by atoms with E-state index in [9.17, 15) is 21.6 Å². The van der Waals surface area contributed by atoms with Crippen molar-refractivity contribution in [3.8, 4) is 11.5 Å². The first-order valence-electron chi connectivity index (χ1n) is 12.5. The molecule has 2 aromatic carbocycles. The Bertz CT molecular complexity index is 1380. The van der Waals surface area contributed by atoms with Crippen LogP contribution >= 0.6 is 0 Å². The molecule has 3 atom stereocenters. The van der Waals surface area contributed by atoms with Gasteiger partial charge in [0.25, 0.3) is 0 Å². The molecular weight excluding hydrogens is 518 g/mol. The predicted octanol–water partition coefficient (Wildman–Crippen LogP) is 1.79. The third-order valence-electron chi connectivity index (χ3n) is 7.39. The lowest BCUT2D eigenvalue weighted by molar-refractivity contribution is -0.124. The summed E-state index contributed by atoms with van der Waals surface area (Å²) in [5, 5.41) is 8.04. The summed E-state index contributed by atoms with van der Waals surface area (Å²) < 4.78 is 63.2. The molecule has 37 heavy (non-hydrogen) atoms. The standard InChI is InChI=1S/C25H31N3O7S2/c26-36(30,31)19-7-5-17(6-8-19)11-12-27-25(29)22-15-18-3-1-2-4-21(18)28(22)37(32,33)20-9-10-23-24(16-20)35-14-13-34-23/h5-10,16,18,21-22H,1-4,11-15H2,(H,27,29)(H2,26,30,31)/t18-,21+,22-/m0/s1. The Morgan fingerprint density at radius 2 is 1.62 bits per heavy atom. The van der Waals surface area contributed by atoms with Crippen molar-refractivity contribution in [2.24, 2.45) is 11.1 Å². The third kappa shape index (κ3) is 5.33. The summed E-state index contributed by atoms with van der Waals surface area (Å²) in [6, 6.07) is 9.74.